The number of halogens is 3. The predicted molar refractivity (Wildman–Crippen MR) is 122 cm³/mol. The lowest BCUT2D eigenvalue weighted by atomic mass is 10.0. The van der Waals surface area contributed by atoms with Crippen LogP contribution < -0.4 is 16.4 Å². The molecule has 2 aliphatic heterocycles. The molecule has 1 fully saturated rings. The number of hydrogen-bond acceptors (Lipinski definition) is 5. The van der Waals surface area contributed by atoms with Gasteiger partial charge < -0.3 is 10.2 Å². The average Bonchev–Trinajstić information content (AvgIpc) is 3.18. The van der Waals surface area contributed by atoms with E-state index in [1.165, 1.54) is 19.2 Å². The molecule has 0 saturated carbocycles. The number of likely N-dealkylation sites (tertiary alicyclic amines) is 1. The van der Waals surface area contributed by atoms with E-state index < -0.39 is 11.9 Å². The Balaban J connectivity index is 1.18. The molecular weight excluding hydrogens is 447 g/mol. The van der Waals surface area contributed by atoms with Crippen LogP contribution in [0.15, 0.2) is 46.1 Å². The molecule has 10 heteroatoms. The van der Waals surface area contributed by atoms with Crippen LogP contribution in [0.2, 0.25) is 0 Å². The minimum atomic E-state index is -4.44. The van der Waals surface area contributed by atoms with Gasteiger partial charge in [0.05, 0.1) is 6.04 Å². The Morgan fingerprint density at radius 1 is 1.09 bits per heavy atom. The van der Waals surface area contributed by atoms with Gasteiger partial charge in [-0.15, -0.1) is 0 Å². The van der Waals surface area contributed by atoms with Crippen molar-refractivity contribution in [3.63, 3.8) is 0 Å². The highest BCUT2D eigenvalue weighted by Crippen LogP contribution is 2.30. The first-order chi connectivity index (χ1) is 16.2. The van der Waals surface area contributed by atoms with E-state index in [0.717, 1.165) is 36.9 Å². The van der Waals surface area contributed by atoms with Crippen molar-refractivity contribution < 1.29 is 13.2 Å². The van der Waals surface area contributed by atoms with Gasteiger partial charge in [0.15, 0.2) is 0 Å². The fraction of sp³-hybridized carbons (Fsp3) is 0.458. The molecule has 0 amide bonds. The Kier molecular flexibility index (Phi) is 5.81. The first-order valence-electron chi connectivity index (χ1n) is 11.4. The number of aromatic nitrogens is 3. The summed E-state index contributed by atoms with van der Waals surface area (Å²) in [5.74, 6) is 0. The van der Waals surface area contributed by atoms with E-state index in [9.17, 15) is 22.8 Å². The standard InChI is InChI=1S/C24H26F3N5O2/c1-15-10-16(12-29-22(15)24(25,26)27)11-28-18-6-8-30(9-7-18)13-19-14-31-20(33)4-2-17-3-5-21(34)32(19)23(17)31/h2-5,10,12,18-19,28H,6-9,11,13-14H2,1H3/t19-/m1/s1. The van der Waals surface area contributed by atoms with Gasteiger partial charge in [0.25, 0.3) is 11.1 Å². The summed E-state index contributed by atoms with van der Waals surface area (Å²) in [6, 6.07) is 8.34. The van der Waals surface area contributed by atoms with Gasteiger partial charge in [-0.05, 0) is 56.1 Å². The van der Waals surface area contributed by atoms with Crippen LogP contribution in [0.1, 0.15) is 35.7 Å². The predicted octanol–water partition coefficient (Wildman–Crippen LogP) is 2.69. The van der Waals surface area contributed by atoms with Crippen molar-refractivity contribution >= 4 is 11.0 Å². The molecule has 0 bridgehead atoms. The summed E-state index contributed by atoms with van der Waals surface area (Å²) >= 11 is 0. The maximum Gasteiger partial charge on any atom is 0.433 e. The third-order valence-corrected chi connectivity index (χ3v) is 6.87. The smallest absolute Gasteiger partial charge is 0.310 e. The topological polar surface area (TPSA) is 72.2 Å². The van der Waals surface area contributed by atoms with Crippen molar-refractivity contribution in [1.29, 1.82) is 0 Å². The van der Waals surface area contributed by atoms with Gasteiger partial charge in [0, 0.05) is 49.4 Å². The number of hydrogen-bond donors (Lipinski definition) is 1. The summed E-state index contributed by atoms with van der Waals surface area (Å²) in [4.78, 5) is 30.8. The van der Waals surface area contributed by atoms with Crippen molar-refractivity contribution in [1.82, 2.24) is 24.3 Å². The van der Waals surface area contributed by atoms with E-state index in [-0.39, 0.29) is 28.8 Å². The molecule has 3 aromatic heterocycles. The van der Waals surface area contributed by atoms with Crippen LogP contribution in [0.3, 0.4) is 0 Å². The minimum Gasteiger partial charge on any atom is -0.310 e. The Labute approximate surface area is 193 Å². The van der Waals surface area contributed by atoms with Crippen LogP contribution in [0.25, 0.3) is 11.0 Å². The first kappa shape index (κ1) is 22.8. The lowest BCUT2D eigenvalue weighted by Crippen LogP contribution is -2.44. The monoisotopic (exact) mass is 473 g/mol. The zero-order valence-electron chi connectivity index (χ0n) is 18.8. The summed E-state index contributed by atoms with van der Waals surface area (Å²) in [5.41, 5.74) is 0.535. The maximum absolute atomic E-state index is 12.9. The summed E-state index contributed by atoms with van der Waals surface area (Å²) < 4.78 is 42.2. The molecule has 0 aromatic carbocycles. The molecule has 3 aromatic rings. The van der Waals surface area contributed by atoms with Crippen LogP contribution >= 0.6 is 0 Å². The number of nitrogens with one attached hydrogen (secondary N) is 1. The third-order valence-electron chi connectivity index (χ3n) is 6.87. The summed E-state index contributed by atoms with van der Waals surface area (Å²) in [7, 11) is 0. The van der Waals surface area contributed by atoms with Gasteiger partial charge >= 0.3 is 6.18 Å². The van der Waals surface area contributed by atoms with Gasteiger partial charge in [-0.2, -0.15) is 13.2 Å². The first-order valence-corrected chi connectivity index (χ1v) is 11.4. The number of piperidine rings is 1. The molecule has 2 aliphatic rings. The van der Waals surface area contributed by atoms with E-state index in [1.807, 2.05) is 0 Å². The molecule has 0 radical (unpaired) electrons. The quantitative estimate of drug-likeness (QED) is 0.617. The van der Waals surface area contributed by atoms with Gasteiger partial charge in [-0.25, -0.2) is 0 Å². The van der Waals surface area contributed by atoms with Crippen LogP contribution in [-0.2, 0) is 19.3 Å². The lowest BCUT2D eigenvalue weighted by Gasteiger charge is -2.34. The minimum absolute atomic E-state index is 0.0861. The molecule has 34 heavy (non-hydrogen) atoms. The molecule has 0 unspecified atom stereocenters. The van der Waals surface area contributed by atoms with Crippen molar-refractivity contribution in [3.05, 3.63) is 74.1 Å². The van der Waals surface area contributed by atoms with E-state index in [4.69, 9.17) is 0 Å². The molecule has 1 atom stereocenters. The van der Waals surface area contributed by atoms with Crippen LogP contribution in [-0.4, -0.2) is 44.7 Å². The third kappa shape index (κ3) is 4.27. The Bertz CT molecular complexity index is 1330. The van der Waals surface area contributed by atoms with Gasteiger partial charge in [0.2, 0.25) is 0 Å². The fourth-order valence-electron chi connectivity index (χ4n) is 5.20. The highest BCUT2D eigenvalue weighted by molar-refractivity contribution is 5.76. The summed E-state index contributed by atoms with van der Waals surface area (Å²) in [6.45, 7) is 4.76. The largest absolute Gasteiger partial charge is 0.433 e. The number of nitrogens with zero attached hydrogens (tertiary/aromatic N) is 4. The molecule has 0 aliphatic carbocycles. The maximum atomic E-state index is 12.9. The average molecular weight is 473 g/mol. The second-order valence-electron chi connectivity index (χ2n) is 9.22. The molecule has 1 saturated heterocycles. The second kappa shape index (κ2) is 8.66. The Morgan fingerprint density at radius 2 is 1.79 bits per heavy atom. The summed E-state index contributed by atoms with van der Waals surface area (Å²) in [6.07, 6.45) is -1.36. The van der Waals surface area contributed by atoms with E-state index in [2.05, 4.69) is 15.2 Å². The fourth-order valence-corrected chi connectivity index (χ4v) is 5.20. The lowest BCUT2D eigenvalue weighted by molar-refractivity contribution is -0.141. The van der Waals surface area contributed by atoms with Crippen LogP contribution in [0, 0.1) is 6.92 Å². The van der Waals surface area contributed by atoms with Crippen molar-refractivity contribution in [3.8, 4) is 0 Å². The number of alkyl halides is 3. The second-order valence-corrected chi connectivity index (χ2v) is 9.22. The molecule has 0 spiro atoms. The van der Waals surface area contributed by atoms with Crippen molar-refractivity contribution in [2.45, 2.75) is 51.1 Å². The summed E-state index contributed by atoms with van der Waals surface area (Å²) in [5, 5.41) is 4.32. The van der Waals surface area contributed by atoms with Crippen LogP contribution in [0.5, 0.6) is 0 Å². The van der Waals surface area contributed by atoms with Crippen LogP contribution in [0.4, 0.5) is 13.2 Å². The molecule has 7 nitrogen and oxygen atoms in total. The highest BCUT2D eigenvalue weighted by atomic mass is 19.4. The van der Waals surface area contributed by atoms with Crippen molar-refractivity contribution in [2.75, 3.05) is 19.6 Å². The van der Waals surface area contributed by atoms with Crippen molar-refractivity contribution in [2.24, 2.45) is 0 Å². The number of aryl methyl sites for hydroxylation is 1. The Morgan fingerprint density at radius 3 is 2.47 bits per heavy atom. The highest BCUT2D eigenvalue weighted by Gasteiger charge is 2.34. The zero-order valence-corrected chi connectivity index (χ0v) is 18.8. The van der Waals surface area contributed by atoms with Gasteiger partial charge in [0.1, 0.15) is 11.3 Å². The molecule has 180 valence electrons. The number of pyridine rings is 3. The van der Waals surface area contributed by atoms with E-state index >= 15 is 0 Å². The normalized spacial score (nSPS) is 19.2. The number of rotatable bonds is 5. The zero-order chi connectivity index (χ0) is 24.0. The Hall–Kier alpha value is -2.98. The molecule has 1 N–H and O–H groups in total. The molecule has 5 heterocycles. The van der Waals surface area contributed by atoms with E-state index in [1.54, 1.807) is 33.4 Å². The van der Waals surface area contributed by atoms with Gasteiger partial charge in [-0.1, -0.05) is 6.07 Å². The SMILES string of the molecule is Cc1cc(CNC2CCN(C[C@@H]3Cn4c(=O)ccc5ccc(=O)n3c54)CC2)cnc1C(F)(F)F. The van der Waals surface area contributed by atoms with E-state index in [0.29, 0.717) is 25.3 Å². The molecule has 5 rings (SSSR count). The van der Waals surface area contributed by atoms with Gasteiger partial charge in [-0.3, -0.25) is 23.7 Å². The molecular formula is C24H26F3N5O2.